The molecule has 0 aliphatic carbocycles. The summed E-state index contributed by atoms with van der Waals surface area (Å²) in [5.74, 6) is -0.757. The van der Waals surface area contributed by atoms with Gasteiger partial charge in [-0.2, -0.15) is 0 Å². The van der Waals surface area contributed by atoms with Crippen LogP contribution in [0.25, 0.3) is 0 Å². The van der Waals surface area contributed by atoms with E-state index in [1.165, 1.54) is 12.1 Å². The Balaban J connectivity index is 1.99. The van der Waals surface area contributed by atoms with Crippen LogP contribution in [-0.2, 0) is 22.4 Å². The molecular formula is C19H20FNO5. The molecule has 0 radical (unpaired) electrons. The van der Waals surface area contributed by atoms with Gasteiger partial charge in [-0.15, -0.1) is 0 Å². The minimum absolute atomic E-state index is 0.0663. The van der Waals surface area contributed by atoms with Gasteiger partial charge in [0.05, 0.1) is 20.6 Å². The number of carbonyl (C=O) groups excluding carboxylic acids is 1. The lowest BCUT2D eigenvalue weighted by atomic mass is 10.1. The van der Waals surface area contributed by atoms with Gasteiger partial charge in [0.2, 0.25) is 5.91 Å². The van der Waals surface area contributed by atoms with Gasteiger partial charge in [-0.3, -0.25) is 9.59 Å². The summed E-state index contributed by atoms with van der Waals surface area (Å²) < 4.78 is 24.3. The third-order valence-electron chi connectivity index (χ3n) is 3.79. The van der Waals surface area contributed by atoms with E-state index in [-0.39, 0.29) is 23.6 Å². The molecular weight excluding hydrogens is 341 g/mol. The largest absolute Gasteiger partial charge is 0.497 e. The molecule has 0 heterocycles. The van der Waals surface area contributed by atoms with Crippen LogP contribution < -0.4 is 14.8 Å². The third-order valence-corrected chi connectivity index (χ3v) is 3.79. The van der Waals surface area contributed by atoms with Crippen LogP contribution in [0, 0.1) is 5.82 Å². The Labute approximate surface area is 150 Å². The molecule has 0 atom stereocenters. The van der Waals surface area contributed by atoms with Crippen molar-refractivity contribution in [1.82, 2.24) is 0 Å². The molecule has 6 nitrogen and oxygen atoms in total. The van der Waals surface area contributed by atoms with E-state index in [0.29, 0.717) is 17.9 Å². The highest BCUT2D eigenvalue weighted by Gasteiger charge is 2.11. The summed E-state index contributed by atoms with van der Waals surface area (Å²) in [5.41, 5.74) is 1.17. The number of halogens is 1. The fourth-order valence-corrected chi connectivity index (χ4v) is 2.48. The zero-order valence-electron chi connectivity index (χ0n) is 14.5. The standard InChI is InChI=1S/C19H20FNO5/c1-25-15-6-7-17(26-2)13(9-15)4-8-18(22)21-14-5-3-12(10-19(23)24)16(20)11-14/h3,5-7,9,11H,4,8,10H2,1-2H3,(H,21,22)(H,23,24). The van der Waals surface area contributed by atoms with E-state index in [4.69, 9.17) is 14.6 Å². The first-order valence-corrected chi connectivity index (χ1v) is 7.94. The van der Waals surface area contributed by atoms with Crippen LogP contribution in [0.2, 0.25) is 0 Å². The molecule has 0 bridgehead atoms. The van der Waals surface area contributed by atoms with Crippen molar-refractivity contribution in [3.63, 3.8) is 0 Å². The maximum absolute atomic E-state index is 13.8. The number of ether oxygens (including phenoxy) is 2. The van der Waals surface area contributed by atoms with E-state index in [2.05, 4.69) is 5.32 Å². The van der Waals surface area contributed by atoms with Gasteiger partial charge in [0.15, 0.2) is 0 Å². The van der Waals surface area contributed by atoms with Crippen LogP contribution in [0.4, 0.5) is 10.1 Å². The van der Waals surface area contributed by atoms with Crippen molar-refractivity contribution in [1.29, 1.82) is 0 Å². The lowest BCUT2D eigenvalue weighted by molar-refractivity contribution is -0.136. The minimum Gasteiger partial charge on any atom is -0.497 e. The third kappa shape index (κ3) is 5.20. The molecule has 2 aromatic rings. The Morgan fingerprint density at radius 3 is 2.46 bits per heavy atom. The predicted molar refractivity (Wildman–Crippen MR) is 94.2 cm³/mol. The van der Waals surface area contributed by atoms with E-state index < -0.39 is 18.2 Å². The van der Waals surface area contributed by atoms with Gasteiger partial charge in [-0.05, 0) is 47.9 Å². The van der Waals surface area contributed by atoms with Crippen LogP contribution in [0.15, 0.2) is 36.4 Å². The first-order chi connectivity index (χ1) is 12.4. The van der Waals surface area contributed by atoms with Gasteiger partial charge >= 0.3 is 5.97 Å². The minimum atomic E-state index is -1.12. The zero-order valence-corrected chi connectivity index (χ0v) is 14.5. The first kappa shape index (κ1) is 19.2. The maximum Gasteiger partial charge on any atom is 0.307 e. The van der Waals surface area contributed by atoms with Gasteiger partial charge in [-0.25, -0.2) is 4.39 Å². The molecule has 2 N–H and O–H groups in total. The number of aliphatic carboxylic acids is 1. The van der Waals surface area contributed by atoms with Crippen LogP contribution in [0.3, 0.4) is 0 Å². The van der Waals surface area contributed by atoms with Crippen molar-refractivity contribution in [2.24, 2.45) is 0 Å². The lowest BCUT2D eigenvalue weighted by Gasteiger charge is -2.11. The highest BCUT2D eigenvalue weighted by atomic mass is 19.1. The predicted octanol–water partition coefficient (Wildman–Crippen LogP) is 3.04. The van der Waals surface area contributed by atoms with Crippen molar-refractivity contribution < 1.29 is 28.6 Å². The molecule has 0 unspecified atom stereocenters. The molecule has 2 aromatic carbocycles. The molecule has 138 valence electrons. The lowest BCUT2D eigenvalue weighted by Crippen LogP contribution is -2.13. The molecule has 0 aliphatic heterocycles. The highest BCUT2D eigenvalue weighted by Crippen LogP contribution is 2.25. The molecule has 0 saturated heterocycles. The van der Waals surface area contributed by atoms with E-state index in [1.54, 1.807) is 32.4 Å². The fraction of sp³-hybridized carbons (Fsp3) is 0.263. The summed E-state index contributed by atoms with van der Waals surface area (Å²) in [4.78, 5) is 22.8. The number of hydrogen-bond donors (Lipinski definition) is 2. The molecule has 7 heteroatoms. The number of hydrogen-bond acceptors (Lipinski definition) is 4. The number of methoxy groups -OCH3 is 2. The molecule has 0 fully saturated rings. The number of benzene rings is 2. The second-order valence-corrected chi connectivity index (χ2v) is 5.60. The molecule has 1 amide bonds. The molecule has 0 spiro atoms. The van der Waals surface area contributed by atoms with Gasteiger partial charge in [-0.1, -0.05) is 6.07 Å². The van der Waals surface area contributed by atoms with E-state index in [9.17, 15) is 14.0 Å². The molecule has 26 heavy (non-hydrogen) atoms. The fourth-order valence-electron chi connectivity index (χ4n) is 2.48. The van der Waals surface area contributed by atoms with Gasteiger partial charge in [0, 0.05) is 12.1 Å². The van der Waals surface area contributed by atoms with Crippen molar-refractivity contribution in [2.75, 3.05) is 19.5 Å². The number of anilines is 1. The van der Waals surface area contributed by atoms with Gasteiger partial charge in [0.25, 0.3) is 0 Å². The zero-order chi connectivity index (χ0) is 19.1. The Hall–Kier alpha value is -3.09. The Morgan fingerprint density at radius 2 is 1.85 bits per heavy atom. The number of carboxylic acid groups (broad SMARTS) is 1. The van der Waals surface area contributed by atoms with E-state index in [0.717, 1.165) is 11.6 Å². The summed E-state index contributed by atoms with van der Waals surface area (Å²) >= 11 is 0. The number of amides is 1. The van der Waals surface area contributed by atoms with Crippen molar-refractivity contribution in [3.8, 4) is 11.5 Å². The number of carboxylic acids is 1. The molecule has 0 saturated carbocycles. The normalized spacial score (nSPS) is 10.3. The average molecular weight is 361 g/mol. The Morgan fingerprint density at radius 1 is 1.08 bits per heavy atom. The summed E-state index contributed by atoms with van der Waals surface area (Å²) in [5, 5.41) is 11.3. The summed E-state index contributed by atoms with van der Waals surface area (Å²) in [6.07, 6.45) is 0.184. The average Bonchev–Trinajstić information content (AvgIpc) is 2.61. The second kappa shape index (κ2) is 8.84. The van der Waals surface area contributed by atoms with Crippen molar-refractivity contribution in [2.45, 2.75) is 19.3 Å². The van der Waals surface area contributed by atoms with Crippen LogP contribution in [0.5, 0.6) is 11.5 Å². The van der Waals surface area contributed by atoms with E-state index in [1.807, 2.05) is 0 Å². The maximum atomic E-state index is 13.8. The van der Waals surface area contributed by atoms with Crippen LogP contribution in [-0.4, -0.2) is 31.2 Å². The number of carbonyl (C=O) groups is 2. The molecule has 2 rings (SSSR count). The highest BCUT2D eigenvalue weighted by molar-refractivity contribution is 5.91. The van der Waals surface area contributed by atoms with Crippen LogP contribution in [0.1, 0.15) is 17.5 Å². The number of rotatable bonds is 8. The molecule has 0 aliphatic rings. The molecule has 0 aromatic heterocycles. The smallest absolute Gasteiger partial charge is 0.307 e. The topological polar surface area (TPSA) is 84.9 Å². The van der Waals surface area contributed by atoms with Crippen LogP contribution >= 0.6 is 0 Å². The quantitative estimate of drug-likeness (QED) is 0.755. The second-order valence-electron chi connectivity index (χ2n) is 5.60. The number of nitrogens with one attached hydrogen (secondary N) is 1. The van der Waals surface area contributed by atoms with E-state index >= 15 is 0 Å². The monoisotopic (exact) mass is 361 g/mol. The first-order valence-electron chi connectivity index (χ1n) is 7.94. The number of aryl methyl sites for hydroxylation is 1. The summed E-state index contributed by atoms with van der Waals surface area (Å²) in [6.45, 7) is 0. The SMILES string of the molecule is COc1ccc(OC)c(CCC(=O)Nc2ccc(CC(=O)O)c(F)c2)c1. The van der Waals surface area contributed by atoms with Gasteiger partial charge < -0.3 is 19.9 Å². The van der Waals surface area contributed by atoms with Crippen molar-refractivity contribution in [3.05, 3.63) is 53.3 Å². The summed E-state index contributed by atoms with van der Waals surface area (Å²) in [7, 11) is 3.10. The summed E-state index contributed by atoms with van der Waals surface area (Å²) in [6, 6.07) is 9.27. The Bertz CT molecular complexity index is 807. The van der Waals surface area contributed by atoms with Crippen molar-refractivity contribution >= 4 is 17.6 Å². The Kier molecular flexibility index (Phi) is 6.54. The van der Waals surface area contributed by atoms with Gasteiger partial charge in [0.1, 0.15) is 17.3 Å².